The van der Waals surface area contributed by atoms with Crippen molar-refractivity contribution in [2.24, 2.45) is 0 Å². The molecule has 0 bridgehead atoms. The van der Waals surface area contributed by atoms with Crippen molar-refractivity contribution < 1.29 is 37.7 Å². The van der Waals surface area contributed by atoms with Crippen LogP contribution in [-0.2, 0) is 22.7 Å². The van der Waals surface area contributed by atoms with E-state index in [0.717, 1.165) is 11.3 Å². The summed E-state index contributed by atoms with van der Waals surface area (Å²) in [6.07, 6.45) is 2.19. The molecule has 0 radical (unpaired) electrons. The van der Waals surface area contributed by atoms with E-state index in [4.69, 9.17) is 18.9 Å². The number of amides is 4. The lowest BCUT2D eigenvalue weighted by atomic mass is 10.1. The van der Waals surface area contributed by atoms with Gasteiger partial charge in [0.2, 0.25) is 0 Å². The first-order chi connectivity index (χ1) is 20.2. The molecule has 0 spiro atoms. The highest BCUT2D eigenvalue weighted by Crippen LogP contribution is 2.38. The van der Waals surface area contributed by atoms with Gasteiger partial charge in [-0.05, 0) is 76.8 Å². The molecule has 0 aromatic heterocycles. The first-order valence-corrected chi connectivity index (χ1v) is 14.1. The summed E-state index contributed by atoms with van der Waals surface area (Å²) in [5.74, 6) is -0.316. The number of rotatable bonds is 12. The number of benzene rings is 3. The van der Waals surface area contributed by atoms with Crippen molar-refractivity contribution in [3.8, 4) is 23.0 Å². The highest BCUT2D eigenvalue weighted by Gasteiger charge is 2.36. The standard InChI is InChI=1S/C31H30BrFN2O7/c1-4-12-41-25-11-10-19(15-26(25)39-3)17-35-30(37)22(29(36)34-31(35)38)13-20-14-23(32)28(27(16-20)40-5-2)42-18-21-8-6-7-9-24(21)33/h6-11,13-16H,4-5,12,17-18H2,1-3H3,(H,34,36,38)/b22-13+. The highest BCUT2D eigenvalue weighted by atomic mass is 79.9. The normalized spacial score (nSPS) is 14.2. The van der Waals surface area contributed by atoms with Gasteiger partial charge in [0.1, 0.15) is 18.0 Å². The summed E-state index contributed by atoms with van der Waals surface area (Å²) in [6.45, 7) is 4.45. The predicted octanol–water partition coefficient (Wildman–Crippen LogP) is 6.03. The molecule has 11 heteroatoms. The number of barbiturate groups is 1. The Bertz CT molecular complexity index is 1530. The highest BCUT2D eigenvalue weighted by molar-refractivity contribution is 9.10. The lowest BCUT2D eigenvalue weighted by Crippen LogP contribution is -2.53. The Labute approximate surface area is 251 Å². The Morgan fingerprint density at radius 2 is 1.74 bits per heavy atom. The molecule has 1 aliphatic heterocycles. The summed E-state index contributed by atoms with van der Waals surface area (Å²) in [4.78, 5) is 39.7. The molecule has 1 N–H and O–H groups in total. The summed E-state index contributed by atoms with van der Waals surface area (Å²) in [5, 5.41) is 2.23. The second kappa shape index (κ2) is 14.0. The fourth-order valence-electron chi connectivity index (χ4n) is 4.17. The van der Waals surface area contributed by atoms with E-state index < -0.39 is 23.7 Å². The Balaban J connectivity index is 1.59. The summed E-state index contributed by atoms with van der Waals surface area (Å²) >= 11 is 3.46. The molecular weight excluding hydrogens is 611 g/mol. The van der Waals surface area contributed by atoms with E-state index in [9.17, 15) is 18.8 Å². The van der Waals surface area contributed by atoms with Gasteiger partial charge in [-0.2, -0.15) is 0 Å². The van der Waals surface area contributed by atoms with E-state index >= 15 is 0 Å². The van der Waals surface area contributed by atoms with Crippen molar-refractivity contribution in [1.29, 1.82) is 0 Å². The van der Waals surface area contributed by atoms with E-state index in [-0.39, 0.29) is 18.7 Å². The Morgan fingerprint density at radius 3 is 2.45 bits per heavy atom. The van der Waals surface area contributed by atoms with Gasteiger partial charge >= 0.3 is 6.03 Å². The number of carbonyl (C=O) groups is 3. The van der Waals surface area contributed by atoms with Crippen LogP contribution in [0.1, 0.15) is 37.0 Å². The van der Waals surface area contributed by atoms with Crippen LogP contribution in [0.4, 0.5) is 9.18 Å². The smallest absolute Gasteiger partial charge is 0.331 e. The van der Waals surface area contributed by atoms with Gasteiger partial charge in [0.15, 0.2) is 23.0 Å². The molecule has 0 aliphatic carbocycles. The van der Waals surface area contributed by atoms with Crippen LogP contribution in [0.3, 0.4) is 0 Å². The summed E-state index contributed by atoms with van der Waals surface area (Å²) in [7, 11) is 1.50. The molecule has 42 heavy (non-hydrogen) atoms. The lowest BCUT2D eigenvalue weighted by Gasteiger charge is -2.26. The Morgan fingerprint density at radius 1 is 0.952 bits per heavy atom. The van der Waals surface area contributed by atoms with Crippen molar-refractivity contribution in [1.82, 2.24) is 10.2 Å². The van der Waals surface area contributed by atoms with Crippen molar-refractivity contribution in [3.05, 3.63) is 87.2 Å². The number of ether oxygens (including phenoxy) is 4. The maximum Gasteiger partial charge on any atom is 0.331 e. The Kier molecular flexibility index (Phi) is 10.2. The van der Waals surface area contributed by atoms with E-state index in [1.165, 1.54) is 19.3 Å². The Hall–Kier alpha value is -4.38. The molecule has 1 aliphatic rings. The van der Waals surface area contributed by atoms with Crippen LogP contribution in [0.2, 0.25) is 0 Å². The van der Waals surface area contributed by atoms with Gasteiger partial charge in [-0.15, -0.1) is 0 Å². The van der Waals surface area contributed by atoms with Crippen LogP contribution in [0.25, 0.3) is 6.08 Å². The average Bonchev–Trinajstić information content (AvgIpc) is 2.97. The molecule has 1 heterocycles. The minimum absolute atomic E-state index is 0.0414. The average molecular weight is 641 g/mol. The van der Waals surface area contributed by atoms with Crippen molar-refractivity contribution in [2.75, 3.05) is 20.3 Å². The molecular formula is C31H30BrFN2O7. The molecule has 4 amide bonds. The third-order valence-electron chi connectivity index (χ3n) is 6.19. The van der Waals surface area contributed by atoms with Gasteiger partial charge in [0, 0.05) is 5.56 Å². The second-order valence-corrected chi connectivity index (χ2v) is 10.0. The topological polar surface area (TPSA) is 103 Å². The number of halogens is 2. The van der Waals surface area contributed by atoms with Crippen LogP contribution in [0.15, 0.2) is 64.6 Å². The summed E-state index contributed by atoms with van der Waals surface area (Å²) in [5.41, 5.74) is 1.17. The zero-order valence-electron chi connectivity index (χ0n) is 23.4. The molecule has 0 unspecified atom stereocenters. The van der Waals surface area contributed by atoms with Crippen LogP contribution in [-0.4, -0.2) is 43.1 Å². The number of nitrogens with one attached hydrogen (secondary N) is 1. The fourth-order valence-corrected chi connectivity index (χ4v) is 4.74. The van der Waals surface area contributed by atoms with Crippen molar-refractivity contribution >= 4 is 39.9 Å². The number of nitrogens with zero attached hydrogens (tertiary/aromatic N) is 1. The van der Waals surface area contributed by atoms with E-state index in [2.05, 4.69) is 21.2 Å². The van der Waals surface area contributed by atoms with Gasteiger partial charge < -0.3 is 18.9 Å². The fraction of sp³-hybridized carbons (Fsp3) is 0.258. The SMILES string of the molecule is CCCOc1ccc(CN2C(=O)NC(=O)/C(=C\c3cc(Br)c(OCc4ccccc4F)c(OCC)c3)C2=O)cc1OC. The molecule has 4 rings (SSSR count). The van der Waals surface area contributed by atoms with Crippen molar-refractivity contribution in [3.63, 3.8) is 0 Å². The minimum Gasteiger partial charge on any atom is -0.493 e. The molecule has 220 valence electrons. The first-order valence-electron chi connectivity index (χ1n) is 13.3. The predicted molar refractivity (Wildman–Crippen MR) is 157 cm³/mol. The largest absolute Gasteiger partial charge is 0.493 e. The minimum atomic E-state index is -0.833. The van der Waals surface area contributed by atoms with Gasteiger partial charge in [-0.25, -0.2) is 9.18 Å². The van der Waals surface area contributed by atoms with E-state index in [1.807, 2.05) is 6.92 Å². The van der Waals surface area contributed by atoms with E-state index in [1.54, 1.807) is 55.5 Å². The first kappa shape index (κ1) is 30.6. The molecule has 9 nitrogen and oxygen atoms in total. The zero-order chi connectivity index (χ0) is 30.2. The monoisotopic (exact) mass is 640 g/mol. The second-order valence-electron chi connectivity index (χ2n) is 9.19. The van der Waals surface area contributed by atoms with Gasteiger partial charge in [-0.1, -0.05) is 31.2 Å². The summed E-state index contributed by atoms with van der Waals surface area (Å²) < 4.78 is 37.2. The van der Waals surface area contributed by atoms with Crippen LogP contribution < -0.4 is 24.3 Å². The molecule has 0 saturated carbocycles. The number of hydrogen-bond donors (Lipinski definition) is 1. The number of carbonyl (C=O) groups excluding carboxylic acids is 3. The maximum absolute atomic E-state index is 14.1. The van der Waals surface area contributed by atoms with Gasteiger partial charge in [-0.3, -0.25) is 19.8 Å². The molecule has 0 atom stereocenters. The molecule has 3 aromatic carbocycles. The quantitative estimate of drug-likeness (QED) is 0.191. The maximum atomic E-state index is 14.1. The van der Waals surface area contributed by atoms with Crippen LogP contribution >= 0.6 is 15.9 Å². The number of imide groups is 2. The number of hydrogen-bond acceptors (Lipinski definition) is 7. The van der Waals surface area contributed by atoms with Gasteiger partial charge in [0.05, 0.1) is 31.3 Å². The molecule has 1 fully saturated rings. The third kappa shape index (κ3) is 7.09. The lowest BCUT2D eigenvalue weighted by molar-refractivity contribution is -0.130. The molecule has 1 saturated heterocycles. The summed E-state index contributed by atoms with van der Waals surface area (Å²) in [6, 6.07) is 13.8. The zero-order valence-corrected chi connectivity index (χ0v) is 25.0. The van der Waals surface area contributed by atoms with E-state index in [0.29, 0.717) is 57.4 Å². The van der Waals surface area contributed by atoms with Crippen molar-refractivity contribution in [2.45, 2.75) is 33.4 Å². The third-order valence-corrected chi connectivity index (χ3v) is 6.78. The molecule has 3 aromatic rings. The number of methoxy groups -OCH3 is 1. The number of urea groups is 1. The van der Waals surface area contributed by atoms with Crippen LogP contribution in [0, 0.1) is 5.82 Å². The van der Waals surface area contributed by atoms with Crippen LogP contribution in [0.5, 0.6) is 23.0 Å². The van der Waals surface area contributed by atoms with Gasteiger partial charge in [0.25, 0.3) is 11.8 Å².